The lowest BCUT2D eigenvalue weighted by molar-refractivity contribution is -0.123. The van der Waals surface area contributed by atoms with Crippen LogP contribution in [-0.4, -0.2) is 36.5 Å². The molecule has 2 amide bonds. The molecule has 0 aliphatic carbocycles. The predicted octanol–water partition coefficient (Wildman–Crippen LogP) is 3.71. The van der Waals surface area contributed by atoms with Gasteiger partial charge < -0.3 is 15.8 Å². The van der Waals surface area contributed by atoms with Crippen molar-refractivity contribution < 1.29 is 17.2 Å². The van der Waals surface area contributed by atoms with Gasteiger partial charge in [-0.2, -0.15) is 0 Å². The number of likely N-dealkylation sites (N-methyl/N-ethyl adjacent to an activating group) is 1. The number of nitrogens with two attached hydrogens (primary N) is 1. The minimum absolute atomic E-state index is 0. The van der Waals surface area contributed by atoms with E-state index in [1.165, 1.54) is 11.9 Å². The molecule has 0 saturated carbocycles. The molecule has 0 bridgehead atoms. The molecule has 1 rings (SSSR count). The molecule has 0 aliphatic rings. The second-order valence-corrected chi connectivity index (χ2v) is 5.48. The van der Waals surface area contributed by atoms with Gasteiger partial charge in [-0.25, -0.2) is 4.79 Å². The summed E-state index contributed by atoms with van der Waals surface area (Å²) in [5.74, 6) is -0.612. The van der Waals surface area contributed by atoms with E-state index in [2.05, 4.69) is 5.32 Å². The maximum Gasteiger partial charge on any atom is 0.410 e. The second kappa shape index (κ2) is 11.3. The maximum atomic E-state index is 12.0. The zero-order valence-electron chi connectivity index (χ0n) is 15.6. The van der Waals surface area contributed by atoms with E-state index in [9.17, 15) is 9.59 Å². The van der Waals surface area contributed by atoms with Gasteiger partial charge in [-0.15, -0.1) is 0 Å². The van der Waals surface area contributed by atoms with E-state index in [1.54, 1.807) is 0 Å². The van der Waals surface area contributed by atoms with Crippen molar-refractivity contribution in [2.24, 2.45) is 11.7 Å². The van der Waals surface area contributed by atoms with Crippen LogP contribution in [0.4, 0.5) is 10.5 Å². The van der Waals surface area contributed by atoms with Gasteiger partial charge in [0.2, 0.25) is 5.91 Å². The van der Waals surface area contributed by atoms with Gasteiger partial charge in [0.05, 0.1) is 0 Å². The molecule has 1 aromatic carbocycles. The van der Waals surface area contributed by atoms with Crippen molar-refractivity contribution in [3.8, 4) is 0 Å². The Morgan fingerprint density at radius 1 is 1.25 bits per heavy atom. The number of anilines is 1. The van der Waals surface area contributed by atoms with E-state index >= 15 is 0 Å². The van der Waals surface area contributed by atoms with Gasteiger partial charge in [-0.3, -0.25) is 9.69 Å². The largest absolute Gasteiger partial charge is 0.445 e. The van der Waals surface area contributed by atoms with Crippen molar-refractivity contribution >= 4 is 17.7 Å². The Morgan fingerprint density at radius 2 is 1.79 bits per heavy atom. The zero-order chi connectivity index (χ0) is 18.7. The van der Waals surface area contributed by atoms with Gasteiger partial charge in [-0.05, 0) is 30.5 Å². The highest BCUT2D eigenvalue weighted by Crippen LogP contribution is 2.13. The Kier molecular flexibility index (Phi) is 10.3. The molecule has 0 spiro atoms. The summed E-state index contributed by atoms with van der Waals surface area (Å²) in [7, 11) is 1.52. The first kappa shape index (κ1) is 21.8. The van der Waals surface area contributed by atoms with Crippen LogP contribution in [0, 0.1) is 5.92 Å². The normalized spacial score (nSPS) is 11.1. The van der Waals surface area contributed by atoms with Crippen molar-refractivity contribution in [1.29, 1.82) is 0 Å². The molecule has 0 heterocycles. The topological polar surface area (TPSA) is 84.7 Å². The van der Waals surface area contributed by atoms with Gasteiger partial charge in [0.15, 0.2) is 0 Å². The van der Waals surface area contributed by atoms with Crippen LogP contribution in [0.3, 0.4) is 0 Å². The van der Waals surface area contributed by atoms with Gasteiger partial charge >= 0.3 is 6.09 Å². The number of nitrogens with one attached hydrogen (secondary N) is 1. The number of hydrogen-bond acceptors (Lipinski definition) is 4. The fraction of sp³-hybridized carbons (Fsp3) is 0.556. The molecule has 3 N–H and O–H groups in total. The third-order valence-electron chi connectivity index (χ3n) is 3.33. The Bertz CT molecular complexity index is 511. The highest BCUT2D eigenvalue weighted by Gasteiger charge is 2.28. The minimum Gasteiger partial charge on any atom is -0.445 e. The SMILES string of the molecule is CC.CCNc1ccc(COC(=O)N(C)[C@H](C(N)=O)C(C)C)cc1.[HH].[HH]. The van der Waals surface area contributed by atoms with Crippen LogP contribution < -0.4 is 11.1 Å². The lowest BCUT2D eigenvalue weighted by Crippen LogP contribution is -2.48. The molecule has 24 heavy (non-hydrogen) atoms. The number of carbonyl (C=O) groups is 2. The lowest BCUT2D eigenvalue weighted by Gasteiger charge is -2.27. The Hall–Kier alpha value is -2.24. The van der Waals surface area contributed by atoms with E-state index < -0.39 is 18.0 Å². The summed E-state index contributed by atoms with van der Waals surface area (Å²) < 4.78 is 5.23. The minimum atomic E-state index is -0.677. The fourth-order valence-electron chi connectivity index (χ4n) is 2.25. The van der Waals surface area contributed by atoms with Crippen LogP contribution in [0.5, 0.6) is 0 Å². The molecular weight excluding hydrogens is 306 g/mol. The van der Waals surface area contributed by atoms with Gasteiger partial charge in [0.1, 0.15) is 12.6 Å². The number of ether oxygens (including phenoxy) is 1. The van der Waals surface area contributed by atoms with Crippen LogP contribution in [0.1, 0.15) is 43.0 Å². The van der Waals surface area contributed by atoms with Crippen molar-refractivity contribution in [2.75, 3.05) is 18.9 Å². The highest BCUT2D eigenvalue weighted by atomic mass is 16.6. The van der Waals surface area contributed by atoms with E-state index in [1.807, 2.05) is 58.9 Å². The van der Waals surface area contributed by atoms with Crippen LogP contribution in [-0.2, 0) is 16.1 Å². The first-order valence-corrected chi connectivity index (χ1v) is 8.38. The van der Waals surface area contributed by atoms with E-state index in [-0.39, 0.29) is 15.4 Å². The molecule has 0 aliphatic heterocycles. The molecule has 0 saturated heterocycles. The predicted molar refractivity (Wildman–Crippen MR) is 102 cm³/mol. The first-order chi connectivity index (χ1) is 11.4. The maximum absolute atomic E-state index is 12.0. The zero-order valence-corrected chi connectivity index (χ0v) is 15.6. The van der Waals surface area contributed by atoms with Crippen molar-refractivity contribution in [3.05, 3.63) is 29.8 Å². The van der Waals surface area contributed by atoms with Crippen LogP contribution >= 0.6 is 0 Å². The number of rotatable bonds is 7. The van der Waals surface area contributed by atoms with Crippen molar-refractivity contribution in [2.45, 2.75) is 47.3 Å². The molecule has 6 heteroatoms. The number of carbonyl (C=O) groups excluding carboxylic acids is 2. The second-order valence-electron chi connectivity index (χ2n) is 5.48. The van der Waals surface area contributed by atoms with E-state index in [4.69, 9.17) is 10.5 Å². The number of hydrogen-bond donors (Lipinski definition) is 2. The highest BCUT2D eigenvalue weighted by molar-refractivity contribution is 5.84. The molecule has 6 nitrogen and oxygen atoms in total. The summed E-state index contributed by atoms with van der Waals surface area (Å²) in [5, 5.41) is 3.19. The lowest BCUT2D eigenvalue weighted by atomic mass is 10.0. The number of nitrogens with zero attached hydrogens (tertiary/aromatic N) is 1. The summed E-state index contributed by atoms with van der Waals surface area (Å²) in [6.45, 7) is 10.7. The molecule has 1 aromatic rings. The summed E-state index contributed by atoms with van der Waals surface area (Å²) in [6.07, 6.45) is -0.562. The molecule has 0 aromatic heterocycles. The summed E-state index contributed by atoms with van der Waals surface area (Å²) in [5.41, 5.74) is 7.23. The number of primary amides is 1. The molecule has 0 unspecified atom stereocenters. The average molecular weight is 341 g/mol. The van der Waals surface area contributed by atoms with E-state index in [0.717, 1.165) is 17.8 Å². The average Bonchev–Trinajstić information content (AvgIpc) is 2.55. The van der Waals surface area contributed by atoms with Gasteiger partial charge in [0.25, 0.3) is 0 Å². The van der Waals surface area contributed by atoms with Crippen molar-refractivity contribution in [3.63, 3.8) is 0 Å². The van der Waals surface area contributed by atoms with Gasteiger partial charge in [-0.1, -0.05) is 39.8 Å². The Labute approximate surface area is 148 Å². The van der Waals surface area contributed by atoms with Crippen molar-refractivity contribution in [1.82, 2.24) is 4.90 Å². The number of amides is 2. The smallest absolute Gasteiger partial charge is 0.410 e. The molecule has 0 radical (unpaired) electrons. The summed E-state index contributed by atoms with van der Waals surface area (Å²) >= 11 is 0. The monoisotopic (exact) mass is 341 g/mol. The Balaban J connectivity index is -0.00000127. The Morgan fingerprint density at radius 3 is 2.21 bits per heavy atom. The number of benzene rings is 1. The third kappa shape index (κ3) is 6.89. The van der Waals surface area contributed by atoms with Crippen LogP contribution in [0.2, 0.25) is 0 Å². The fourth-order valence-corrected chi connectivity index (χ4v) is 2.25. The van der Waals surface area contributed by atoms with Gasteiger partial charge in [0, 0.05) is 22.1 Å². The van der Waals surface area contributed by atoms with Crippen LogP contribution in [0.25, 0.3) is 0 Å². The third-order valence-corrected chi connectivity index (χ3v) is 3.33. The van der Waals surface area contributed by atoms with E-state index in [0.29, 0.717) is 0 Å². The standard InChI is InChI=1S/C16H25N3O3.C2H6.2H2/c1-5-18-13-8-6-12(7-9-13)10-22-16(21)19(4)14(11(2)3)15(17)20;1-2;;/h6-9,11,14,18H,5,10H2,1-4H3,(H2,17,20);1-2H3;2*1H/t14-;;;/m0.../s1. The molecule has 0 fully saturated rings. The molecule has 140 valence electrons. The molecular formula is C18H35N3O3. The van der Waals surface area contributed by atoms with Crippen LogP contribution in [0.15, 0.2) is 24.3 Å². The summed E-state index contributed by atoms with van der Waals surface area (Å²) in [6, 6.07) is 6.95. The quantitative estimate of drug-likeness (QED) is 0.791. The first-order valence-electron chi connectivity index (χ1n) is 8.38. The molecule has 1 atom stereocenters. The summed E-state index contributed by atoms with van der Waals surface area (Å²) in [4.78, 5) is 24.7.